The molecule has 0 aliphatic heterocycles. The molecule has 0 spiro atoms. The SMILES string of the molecule is O=COC(=O)CCCCOc1ccccc1. The van der Waals surface area contributed by atoms with Gasteiger partial charge in [0.15, 0.2) is 0 Å². The number of rotatable bonds is 7. The molecule has 4 heteroatoms. The average Bonchev–Trinajstić information content (AvgIpc) is 2.30. The Morgan fingerprint density at radius 1 is 1.19 bits per heavy atom. The van der Waals surface area contributed by atoms with Crippen molar-refractivity contribution in [3.05, 3.63) is 30.3 Å². The van der Waals surface area contributed by atoms with Gasteiger partial charge in [0.05, 0.1) is 6.61 Å². The second-order valence-electron chi connectivity index (χ2n) is 3.20. The van der Waals surface area contributed by atoms with Crippen LogP contribution in [0.25, 0.3) is 0 Å². The Labute approximate surface area is 94.2 Å². The van der Waals surface area contributed by atoms with Crippen LogP contribution >= 0.6 is 0 Å². The molecular weight excluding hydrogens is 208 g/mol. The summed E-state index contributed by atoms with van der Waals surface area (Å²) in [6, 6.07) is 9.47. The number of hydrogen-bond acceptors (Lipinski definition) is 4. The van der Waals surface area contributed by atoms with Crippen LogP contribution in [0.1, 0.15) is 19.3 Å². The van der Waals surface area contributed by atoms with Crippen molar-refractivity contribution in [3.8, 4) is 5.75 Å². The Morgan fingerprint density at radius 2 is 1.94 bits per heavy atom. The summed E-state index contributed by atoms with van der Waals surface area (Å²) in [5.41, 5.74) is 0. The van der Waals surface area contributed by atoms with Gasteiger partial charge in [0.2, 0.25) is 0 Å². The lowest BCUT2D eigenvalue weighted by Gasteiger charge is -2.04. The molecular formula is C12H14O4. The van der Waals surface area contributed by atoms with E-state index >= 15 is 0 Å². The molecule has 0 atom stereocenters. The summed E-state index contributed by atoms with van der Waals surface area (Å²) in [4.78, 5) is 20.6. The minimum atomic E-state index is -0.491. The van der Waals surface area contributed by atoms with E-state index < -0.39 is 5.97 Å². The molecule has 0 saturated heterocycles. The van der Waals surface area contributed by atoms with Gasteiger partial charge in [0.1, 0.15) is 5.75 Å². The zero-order valence-electron chi connectivity index (χ0n) is 8.93. The fourth-order valence-electron chi connectivity index (χ4n) is 1.19. The highest BCUT2D eigenvalue weighted by molar-refractivity contribution is 5.76. The molecule has 0 aromatic heterocycles. The van der Waals surface area contributed by atoms with E-state index in [1.165, 1.54) is 0 Å². The largest absolute Gasteiger partial charge is 0.494 e. The fourth-order valence-corrected chi connectivity index (χ4v) is 1.19. The summed E-state index contributed by atoms with van der Waals surface area (Å²) in [7, 11) is 0. The van der Waals surface area contributed by atoms with Crippen LogP contribution in [0, 0.1) is 0 Å². The molecule has 1 rings (SSSR count). The minimum Gasteiger partial charge on any atom is -0.494 e. The lowest BCUT2D eigenvalue weighted by Crippen LogP contribution is -2.04. The number of carbonyl (C=O) groups excluding carboxylic acids is 2. The first-order chi connectivity index (χ1) is 7.83. The molecule has 0 aliphatic rings. The molecule has 4 nitrogen and oxygen atoms in total. The van der Waals surface area contributed by atoms with Gasteiger partial charge in [0, 0.05) is 6.42 Å². The molecule has 1 aromatic rings. The van der Waals surface area contributed by atoms with Crippen molar-refractivity contribution in [1.82, 2.24) is 0 Å². The minimum absolute atomic E-state index is 0.156. The van der Waals surface area contributed by atoms with Gasteiger partial charge in [-0.05, 0) is 25.0 Å². The molecule has 0 radical (unpaired) electrons. The van der Waals surface area contributed by atoms with E-state index in [9.17, 15) is 9.59 Å². The van der Waals surface area contributed by atoms with E-state index in [-0.39, 0.29) is 12.9 Å². The first-order valence-corrected chi connectivity index (χ1v) is 5.14. The monoisotopic (exact) mass is 222 g/mol. The topological polar surface area (TPSA) is 52.6 Å². The highest BCUT2D eigenvalue weighted by atomic mass is 16.6. The average molecular weight is 222 g/mol. The fraction of sp³-hybridized carbons (Fsp3) is 0.333. The molecule has 0 heterocycles. The molecule has 0 amide bonds. The van der Waals surface area contributed by atoms with Crippen LogP contribution in [0.5, 0.6) is 5.75 Å². The molecule has 0 bridgehead atoms. The van der Waals surface area contributed by atoms with Crippen LogP contribution < -0.4 is 4.74 Å². The van der Waals surface area contributed by atoms with E-state index in [0.29, 0.717) is 13.0 Å². The maximum Gasteiger partial charge on any atom is 0.313 e. The van der Waals surface area contributed by atoms with E-state index in [0.717, 1.165) is 12.2 Å². The third-order valence-electron chi connectivity index (χ3n) is 1.97. The van der Waals surface area contributed by atoms with Crippen molar-refractivity contribution in [2.45, 2.75) is 19.3 Å². The molecule has 0 fully saturated rings. The third kappa shape index (κ3) is 5.14. The van der Waals surface area contributed by atoms with Crippen LogP contribution in [0.4, 0.5) is 0 Å². The Hall–Kier alpha value is -1.84. The zero-order valence-corrected chi connectivity index (χ0v) is 8.93. The number of benzene rings is 1. The predicted octanol–water partition coefficient (Wildman–Crippen LogP) is 1.94. The van der Waals surface area contributed by atoms with Gasteiger partial charge in [0.25, 0.3) is 0 Å². The van der Waals surface area contributed by atoms with Gasteiger partial charge in [-0.2, -0.15) is 0 Å². The van der Waals surface area contributed by atoms with Crippen molar-refractivity contribution in [1.29, 1.82) is 0 Å². The number of para-hydroxylation sites is 1. The predicted molar refractivity (Wildman–Crippen MR) is 57.9 cm³/mol. The molecule has 0 saturated carbocycles. The highest BCUT2D eigenvalue weighted by Gasteiger charge is 2.01. The summed E-state index contributed by atoms with van der Waals surface area (Å²) < 4.78 is 9.57. The van der Waals surface area contributed by atoms with Crippen molar-refractivity contribution < 1.29 is 19.1 Å². The lowest BCUT2D eigenvalue weighted by molar-refractivity contribution is -0.151. The number of carbonyl (C=O) groups is 2. The molecule has 1 aromatic carbocycles. The van der Waals surface area contributed by atoms with E-state index in [1.54, 1.807) is 0 Å². The Bertz CT molecular complexity index is 321. The molecule has 16 heavy (non-hydrogen) atoms. The van der Waals surface area contributed by atoms with Crippen LogP contribution in [-0.2, 0) is 14.3 Å². The van der Waals surface area contributed by atoms with E-state index in [2.05, 4.69) is 4.74 Å². The second kappa shape index (κ2) is 7.45. The summed E-state index contributed by atoms with van der Waals surface area (Å²) >= 11 is 0. The van der Waals surface area contributed by atoms with Crippen LogP contribution in [0.3, 0.4) is 0 Å². The number of esters is 1. The number of hydrogen-bond donors (Lipinski definition) is 0. The summed E-state index contributed by atoms with van der Waals surface area (Å²) in [6.07, 6.45) is 1.65. The Morgan fingerprint density at radius 3 is 2.62 bits per heavy atom. The van der Waals surface area contributed by atoms with E-state index in [1.807, 2.05) is 30.3 Å². The first-order valence-electron chi connectivity index (χ1n) is 5.14. The Kier molecular flexibility index (Phi) is 5.70. The normalized spacial score (nSPS) is 9.50. The third-order valence-corrected chi connectivity index (χ3v) is 1.97. The quantitative estimate of drug-likeness (QED) is 0.306. The molecule has 0 aliphatic carbocycles. The maximum atomic E-state index is 10.8. The summed E-state index contributed by atoms with van der Waals surface area (Å²) in [5, 5.41) is 0. The molecule has 86 valence electrons. The first kappa shape index (κ1) is 12.2. The van der Waals surface area contributed by atoms with E-state index in [4.69, 9.17) is 4.74 Å². The summed E-state index contributed by atoms with van der Waals surface area (Å²) in [6.45, 7) is 0.710. The molecule has 0 unspecified atom stereocenters. The van der Waals surface area contributed by atoms with Gasteiger partial charge in [-0.15, -0.1) is 0 Å². The number of unbranched alkanes of at least 4 members (excludes halogenated alkanes) is 1. The highest BCUT2D eigenvalue weighted by Crippen LogP contribution is 2.09. The smallest absolute Gasteiger partial charge is 0.313 e. The number of ether oxygens (including phenoxy) is 2. The molecule has 0 N–H and O–H groups in total. The van der Waals surface area contributed by atoms with Crippen LogP contribution in [0.2, 0.25) is 0 Å². The van der Waals surface area contributed by atoms with Gasteiger partial charge in [-0.3, -0.25) is 9.59 Å². The van der Waals surface area contributed by atoms with Crippen molar-refractivity contribution in [2.75, 3.05) is 6.61 Å². The Balaban J connectivity index is 2.04. The van der Waals surface area contributed by atoms with Gasteiger partial charge < -0.3 is 9.47 Å². The van der Waals surface area contributed by atoms with Crippen LogP contribution in [0.15, 0.2) is 30.3 Å². The van der Waals surface area contributed by atoms with Crippen molar-refractivity contribution in [3.63, 3.8) is 0 Å². The van der Waals surface area contributed by atoms with Crippen molar-refractivity contribution in [2.24, 2.45) is 0 Å². The lowest BCUT2D eigenvalue weighted by atomic mass is 10.2. The second-order valence-corrected chi connectivity index (χ2v) is 3.20. The van der Waals surface area contributed by atoms with Crippen molar-refractivity contribution >= 4 is 12.4 Å². The standard InChI is InChI=1S/C12H14O4/c13-10-16-12(14)8-4-5-9-15-11-6-2-1-3-7-11/h1-3,6-7,10H,4-5,8-9H2. The van der Waals surface area contributed by atoms with Gasteiger partial charge in [-0.25, -0.2) is 0 Å². The van der Waals surface area contributed by atoms with Gasteiger partial charge >= 0.3 is 12.4 Å². The maximum absolute atomic E-state index is 10.8. The van der Waals surface area contributed by atoms with Crippen LogP contribution in [-0.4, -0.2) is 19.0 Å². The van der Waals surface area contributed by atoms with Gasteiger partial charge in [-0.1, -0.05) is 18.2 Å². The zero-order chi connectivity index (χ0) is 11.6. The summed E-state index contributed by atoms with van der Waals surface area (Å²) in [5.74, 6) is 0.327.